The molecule has 14 heavy (non-hydrogen) atoms. The number of hydrogen-bond acceptors (Lipinski definition) is 4. The van der Waals surface area contributed by atoms with Crippen LogP contribution in [0.15, 0.2) is 17.8 Å². The normalized spacial score (nSPS) is 14.9. The van der Waals surface area contributed by atoms with Crippen LogP contribution in [0.3, 0.4) is 0 Å². The molecule has 1 aliphatic rings. The summed E-state index contributed by atoms with van der Waals surface area (Å²) < 4.78 is 0. The third-order valence-electron chi connectivity index (χ3n) is 2.23. The van der Waals surface area contributed by atoms with Gasteiger partial charge in [0, 0.05) is 5.75 Å². The Morgan fingerprint density at radius 1 is 1.21 bits per heavy atom. The second kappa shape index (κ2) is 4.55. The molecular weight excluding hydrogens is 194 g/mol. The van der Waals surface area contributed by atoms with E-state index in [0.717, 1.165) is 35.1 Å². The summed E-state index contributed by atoms with van der Waals surface area (Å²) in [6.45, 7) is 3.67. The smallest absolute Gasteiger partial charge is 0.209 e. The Morgan fingerprint density at radius 3 is 2.79 bits per heavy atom. The molecule has 1 aromatic rings. The second-order valence-electron chi connectivity index (χ2n) is 3.29. The fourth-order valence-electron chi connectivity index (χ4n) is 1.54. The molecule has 1 aliphatic carbocycles. The number of aromatic nitrogens is 3. The van der Waals surface area contributed by atoms with Crippen LogP contribution in [0.25, 0.3) is 0 Å². The van der Waals surface area contributed by atoms with E-state index in [4.69, 9.17) is 0 Å². The molecule has 0 radical (unpaired) electrons. The van der Waals surface area contributed by atoms with Crippen LogP contribution < -0.4 is 0 Å². The van der Waals surface area contributed by atoms with E-state index in [0.29, 0.717) is 0 Å². The molecule has 4 heteroatoms. The molecule has 0 N–H and O–H groups in total. The lowest BCUT2D eigenvalue weighted by molar-refractivity contribution is 0.610. The first-order valence-electron chi connectivity index (χ1n) is 4.86. The Kier molecular flexibility index (Phi) is 3.14. The molecule has 1 heterocycles. The number of hydrogen-bond donors (Lipinski definition) is 0. The van der Waals surface area contributed by atoms with E-state index in [1.807, 2.05) is 6.08 Å². The average Bonchev–Trinajstić information content (AvgIpc) is 2.26. The van der Waals surface area contributed by atoms with Crippen molar-refractivity contribution in [2.24, 2.45) is 0 Å². The third kappa shape index (κ3) is 2.12. The van der Waals surface area contributed by atoms with E-state index in [9.17, 15) is 0 Å². The van der Waals surface area contributed by atoms with E-state index < -0.39 is 0 Å². The van der Waals surface area contributed by atoms with Gasteiger partial charge >= 0.3 is 0 Å². The maximum atomic E-state index is 4.49. The highest BCUT2D eigenvalue weighted by atomic mass is 32.2. The summed E-state index contributed by atoms with van der Waals surface area (Å²) in [5.74, 6) is 0.848. The summed E-state index contributed by atoms with van der Waals surface area (Å²) in [7, 11) is 0. The Labute approximate surface area is 88.0 Å². The monoisotopic (exact) mass is 207 g/mol. The topological polar surface area (TPSA) is 38.7 Å². The van der Waals surface area contributed by atoms with Gasteiger partial charge in [-0.2, -0.15) is 5.10 Å². The Bertz CT molecular complexity index is 338. The number of thioether (sulfide) groups is 1. The molecule has 0 aliphatic heterocycles. The van der Waals surface area contributed by atoms with Crippen molar-refractivity contribution >= 4 is 11.8 Å². The fraction of sp³-hybridized carbons (Fsp3) is 0.500. The SMILES string of the molecule is C=CCSc1nnc2c(n1)CCCC2. The van der Waals surface area contributed by atoms with E-state index in [1.165, 1.54) is 12.8 Å². The lowest BCUT2D eigenvalue weighted by atomic mass is 10.0. The number of nitrogens with zero attached hydrogens (tertiary/aromatic N) is 3. The Hall–Kier alpha value is -0.900. The van der Waals surface area contributed by atoms with Crippen molar-refractivity contribution in [2.75, 3.05) is 5.75 Å². The summed E-state index contributed by atoms with van der Waals surface area (Å²) >= 11 is 1.59. The van der Waals surface area contributed by atoms with Gasteiger partial charge < -0.3 is 0 Å². The minimum absolute atomic E-state index is 0.783. The summed E-state index contributed by atoms with van der Waals surface area (Å²) in [6.07, 6.45) is 6.42. The van der Waals surface area contributed by atoms with Crippen molar-refractivity contribution in [3.8, 4) is 0 Å². The summed E-state index contributed by atoms with van der Waals surface area (Å²) in [4.78, 5) is 4.49. The minimum Gasteiger partial charge on any atom is -0.224 e. The predicted octanol–water partition coefficient (Wildman–Crippen LogP) is 2.03. The van der Waals surface area contributed by atoms with Crippen LogP contribution in [0.1, 0.15) is 24.2 Å². The quantitative estimate of drug-likeness (QED) is 0.561. The maximum absolute atomic E-state index is 4.49. The van der Waals surface area contributed by atoms with Gasteiger partial charge in [-0.05, 0) is 25.7 Å². The molecule has 0 amide bonds. The zero-order valence-corrected chi connectivity index (χ0v) is 8.89. The van der Waals surface area contributed by atoms with E-state index >= 15 is 0 Å². The van der Waals surface area contributed by atoms with Gasteiger partial charge in [-0.3, -0.25) is 0 Å². The van der Waals surface area contributed by atoms with Gasteiger partial charge in [0.15, 0.2) is 0 Å². The number of aryl methyl sites for hydroxylation is 2. The predicted molar refractivity (Wildman–Crippen MR) is 57.4 cm³/mol. The standard InChI is InChI=1S/C10H13N3S/c1-2-7-14-10-11-8-5-3-4-6-9(8)12-13-10/h2H,1,3-7H2. The lowest BCUT2D eigenvalue weighted by Gasteiger charge is -2.12. The lowest BCUT2D eigenvalue weighted by Crippen LogP contribution is -2.10. The van der Waals surface area contributed by atoms with Gasteiger partial charge in [0.1, 0.15) is 0 Å². The van der Waals surface area contributed by atoms with Crippen LogP contribution in [0, 0.1) is 0 Å². The molecule has 0 unspecified atom stereocenters. The second-order valence-corrected chi connectivity index (χ2v) is 4.28. The van der Waals surface area contributed by atoms with E-state index in [1.54, 1.807) is 11.8 Å². The molecule has 0 bridgehead atoms. The van der Waals surface area contributed by atoms with Crippen molar-refractivity contribution in [3.63, 3.8) is 0 Å². The highest BCUT2D eigenvalue weighted by Crippen LogP contribution is 2.19. The summed E-state index contributed by atoms with van der Waals surface area (Å²) in [5, 5.41) is 9.07. The van der Waals surface area contributed by atoms with Gasteiger partial charge in [-0.25, -0.2) is 4.98 Å². The molecule has 0 saturated carbocycles. The van der Waals surface area contributed by atoms with Gasteiger partial charge in [0.2, 0.25) is 5.16 Å². The van der Waals surface area contributed by atoms with Crippen molar-refractivity contribution in [1.29, 1.82) is 0 Å². The number of rotatable bonds is 3. The van der Waals surface area contributed by atoms with Gasteiger partial charge in [-0.1, -0.05) is 17.8 Å². The molecule has 0 aromatic carbocycles. The summed E-state index contributed by atoms with van der Waals surface area (Å²) in [5.41, 5.74) is 2.25. The van der Waals surface area contributed by atoms with E-state index in [2.05, 4.69) is 21.8 Å². The molecule has 74 valence electrons. The first-order chi connectivity index (χ1) is 6.90. The van der Waals surface area contributed by atoms with Crippen LogP contribution in [0.2, 0.25) is 0 Å². The largest absolute Gasteiger partial charge is 0.224 e. The molecule has 1 aromatic heterocycles. The summed E-state index contributed by atoms with van der Waals surface area (Å²) in [6, 6.07) is 0. The molecule has 0 fully saturated rings. The van der Waals surface area contributed by atoms with Crippen LogP contribution in [0.4, 0.5) is 0 Å². The fourth-order valence-corrected chi connectivity index (χ4v) is 2.08. The Balaban J connectivity index is 2.16. The van der Waals surface area contributed by atoms with E-state index in [-0.39, 0.29) is 0 Å². The minimum atomic E-state index is 0.783. The molecule has 0 spiro atoms. The maximum Gasteiger partial charge on any atom is 0.209 e. The van der Waals surface area contributed by atoms with Gasteiger partial charge in [-0.15, -0.1) is 11.7 Å². The highest BCUT2D eigenvalue weighted by molar-refractivity contribution is 7.99. The van der Waals surface area contributed by atoms with Crippen LogP contribution >= 0.6 is 11.8 Å². The highest BCUT2D eigenvalue weighted by Gasteiger charge is 2.13. The average molecular weight is 207 g/mol. The molecular formula is C10H13N3S. The van der Waals surface area contributed by atoms with Gasteiger partial charge in [0.25, 0.3) is 0 Å². The van der Waals surface area contributed by atoms with Crippen molar-refractivity contribution in [1.82, 2.24) is 15.2 Å². The van der Waals surface area contributed by atoms with Crippen molar-refractivity contribution < 1.29 is 0 Å². The number of fused-ring (bicyclic) bond motifs is 1. The molecule has 0 atom stereocenters. The molecule has 3 nitrogen and oxygen atoms in total. The first-order valence-corrected chi connectivity index (χ1v) is 5.85. The zero-order valence-electron chi connectivity index (χ0n) is 8.07. The van der Waals surface area contributed by atoms with Crippen molar-refractivity contribution in [2.45, 2.75) is 30.8 Å². The zero-order chi connectivity index (χ0) is 9.80. The van der Waals surface area contributed by atoms with Crippen molar-refractivity contribution in [3.05, 3.63) is 24.0 Å². The Morgan fingerprint density at radius 2 is 2.00 bits per heavy atom. The van der Waals surface area contributed by atoms with Crippen LogP contribution in [-0.4, -0.2) is 20.9 Å². The first kappa shape index (κ1) is 9.65. The molecule has 2 rings (SSSR count). The third-order valence-corrected chi connectivity index (χ3v) is 3.06. The molecule has 0 saturated heterocycles. The van der Waals surface area contributed by atoms with Crippen LogP contribution in [-0.2, 0) is 12.8 Å². The van der Waals surface area contributed by atoms with Crippen LogP contribution in [0.5, 0.6) is 0 Å². The van der Waals surface area contributed by atoms with Gasteiger partial charge in [0.05, 0.1) is 11.4 Å².